The van der Waals surface area contributed by atoms with Crippen LogP contribution in [0.25, 0.3) is 17.3 Å². The van der Waals surface area contributed by atoms with Gasteiger partial charge in [-0.25, -0.2) is 4.98 Å². The van der Waals surface area contributed by atoms with E-state index in [2.05, 4.69) is 38.2 Å². The van der Waals surface area contributed by atoms with Crippen LogP contribution in [0.5, 0.6) is 0 Å². The Morgan fingerprint density at radius 1 is 1.22 bits per heavy atom. The van der Waals surface area contributed by atoms with E-state index in [1.807, 2.05) is 29.6 Å². The Bertz CT molecular complexity index is 934. The van der Waals surface area contributed by atoms with Gasteiger partial charge in [-0.15, -0.1) is 11.3 Å². The van der Waals surface area contributed by atoms with Crippen molar-refractivity contribution in [1.82, 2.24) is 10.3 Å². The van der Waals surface area contributed by atoms with Gasteiger partial charge in [-0.1, -0.05) is 12.1 Å². The predicted octanol–water partition coefficient (Wildman–Crippen LogP) is 4.17. The number of nitrogens with one attached hydrogen (secondary N) is 2. The van der Waals surface area contributed by atoms with E-state index in [0.29, 0.717) is 10.9 Å². The summed E-state index contributed by atoms with van der Waals surface area (Å²) < 4.78 is 6.25. The van der Waals surface area contributed by atoms with Crippen LogP contribution in [-0.4, -0.2) is 23.3 Å². The Morgan fingerprint density at radius 2 is 2.04 bits per heavy atom. The zero-order chi connectivity index (χ0) is 19.1. The molecule has 0 aliphatic carbocycles. The molecule has 0 aliphatic heterocycles. The van der Waals surface area contributed by atoms with Crippen LogP contribution in [0.1, 0.15) is 12.2 Å². The van der Waals surface area contributed by atoms with E-state index in [4.69, 9.17) is 4.42 Å². The van der Waals surface area contributed by atoms with Crippen molar-refractivity contribution >= 4 is 56.9 Å². The van der Waals surface area contributed by atoms with E-state index in [9.17, 15) is 9.59 Å². The second-order valence-electron chi connectivity index (χ2n) is 5.48. The molecule has 0 radical (unpaired) electrons. The molecular formula is C19H16IN3O3S. The number of thiazole rings is 1. The van der Waals surface area contributed by atoms with Gasteiger partial charge in [-0.3, -0.25) is 9.59 Å². The smallest absolute Gasteiger partial charge is 0.244 e. The van der Waals surface area contributed by atoms with Gasteiger partial charge in [0, 0.05) is 33.6 Å². The number of rotatable bonds is 7. The molecule has 0 saturated carbocycles. The highest BCUT2D eigenvalue weighted by Gasteiger charge is 2.08. The molecular weight excluding hydrogens is 477 g/mol. The maximum absolute atomic E-state index is 12.0. The van der Waals surface area contributed by atoms with E-state index in [1.165, 1.54) is 23.7 Å². The minimum absolute atomic E-state index is 0.165. The van der Waals surface area contributed by atoms with Crippen LogP contribution in [0, 0.1) is 3.57 Å². The topological polar surface area (TPSA) is 84.2 Å². The summed E-state index contributed by atoms with van der Waals surface area (Å²) in [6.07, 6.45) is 4.63. The average Bonchev–Trinajstić information content (AvgIpc) is 3.32. The zero-order valence-corrected chi connectivity index (χ0v) is 17.1. The van der Waals surface area contributed by atoms with Gasteiger partial charge in [0.05, 0.1) is 12.0 Å². The van der Waals surface area contributed by atoms with Crippen molar-refractivity contribution in [2.24, 2.45) is 0 Å². The van der Waals surface area contributed by atoms with E-state index in [0.717, 1.165) is 14.8 Å². The molecule has 27 heavy (non-hydrogen) atoms. The number of aromatic nitrogens is 1. The second kappa shape index (κ2) is 9.47. The standard InChI is InChI=1S/C19H16IN3O3S/c20-14-5-3-13(4-6-14)16-12-27-19(22-16)23-18(25)9-10-21-17(24)8-7-15-2-1-11-26-15/h1-8,11-12H,9-10H2,(H,21,24)(H,22,23,25)/b8-7+. The number of halogens is 1. The lowest BCUT2D eigenvalue weighted by atomic mass is 10.2. The molecule has 2 heterocycles. The minimum atomic E-state index is -0.283. The summed E-state index contributed by atoms with van der Waals surface area (Å²) in [7, 11) is 0. The molecule has 0 aliphatic rings. The van der Waals surface area contributed by atoms with E-state index < -0.39 is 0 Å². The second-order valence-corrected chi connectivity index (χ2v) is 7.59. The first-order valence-corrected chi connectivity index (χ1v) is 10.1. The lowest BCUT2D eigenvalue weighted by Gasteiger charge is -2.03. The molecule has 0 bridgehead atoms. The van der Waals surface area contributed by atoms with Crippen molar-refractivity contribution < 1.29 is 14.0 Å². The predicted molar refractivity (Wildman–Crippen MR) is 114 cm³/mol. The zero-order valence-electron chi connectivity index (χ0n) is 14.1. The minimum Gasteiger partial charge on any atom is -0.465 e. The van der Waals surface area contributed by atoms with Gasteiger partial charge >= 0.3 is 0 Å². The summed E-state index contributed by atoms with van der Waals surface area (Å²) in [6, 6.07) is 11.5. The molecule has 3 aromatic rings. The number of amides is 2. The quantitative estimate of drug-likeness (QED) is 0.383. The Morgan fingerprint density at radius 3 is 2.78 bits per heavy atom. The first-order chi connectivity index (χ1) is 13.1. The SMILES string of the molecule is O=C(/C=C/c1ccco1)NCCC(=O)Nc1nc(-c2ccc(I)cc2)cs1. The molecule has 138 valence electrons. The van der Waals surface area contributed by atoms with Crippen molar-refractivity contribution in [2.45, 2.75) is 6.42 Å². The molecule has 8 heteroatoms. The number of hydrogen-bond donors (Lipinski definition) is 2. The maximum Gasteiger partial charge on any atom is 0.244 e. The highest BCUT2D eigenvalue weighted by atomic mass is 127. The van der Waals surface area contributed by atoms with Crippen molar-refractivity contribution in [3.8, 4) is 11.3 Å². The van der Waals surface area contributed by atoms with Crippen molar-refractivity contribution in [1.29, 1.82) is 0 Å². The van der Waals surface area contributed by atoms with Crippen LogP contribution in [0.2, 0.25) is 0 Å². The van der Waals surface area contributed by atoms with Gasteiger partial charge in [-0.2, -0.15) is 0 Å². The van der Waals surface area contributed by atoms with E-state index in [1.54, 1.807) is 18.2 Å². The molecule has 0 unspecified atom stereocenters. The number of benzene rings is 1. The van der Waals surface area contributed by atoms with Crippen LogP contribution in [0.15, 0.2) is 58.5 Å². The summed E-state index contributed by atoms with van der Waals surface area (Å²) in [5.74, 6) is 0.110. The Hall–Kier alpha value is -2.46. The average molecular weight is 493 g/mol. The van der Waals surface area contributed by atoms with E-state index >= 15 is 0 Å². The van der Waals surface area contributed by atoms with Gasteiger partial charge < -0.3 is 15.1 Å². The fraction of sp³-hybridized carbons (Fsp3) is 0.105. The van der Waals surface area contributed by atoms with Crippen LogP contribution in [0.4, 0.5) is 5.13 Å². The summed E-state index contributed by atoms with van der Waals surface area (Å²) >= 11 is 3.62. The monoisotopic (exact) mass is 493 g/mol. The largest absolute Gasteiger partial charge is 0.465 e. The number of furan rings is 1. The molecule has 0 fully saturated rings. The molecule has 2 N–H and O–H groups in total. The third-order valence-electron chi connectivity index (χ3n) is 3.48. The maximum atomic E-state index is 12.0. The fourth-order valence-electron chi connectivity index (χ4n) is 2.17. The van der Waals surface area contributed by atoms with Gasteiger partial charge in [0.15, 0.2) is 5.13 Å². The molecule has 1 aromatic carbocycles. The Balaban J connectivity index is 1.43. The molecule has 3 rings (SSSR count). The Kier molecular flexibility index (Phi) is 6.77. The van der Waals surface area contributed by atoms with Gasteiger partial charge in [-0.05, 0) is 52.9 Å². The molecule has 0 spiro atoms. The Labute approximate surface area is 173 Å². The molecule has 6 nitrogen and oxygen atoms in total. The highest BCUT2D eigenvalue weighted by Crippen LogP contribution is 2.25. The molecule has 0 atom stereocenters. The number of carbonyl (C=O) groups is 2. The summed E-state index contributed by atoms with van der Waals surface area (Å²) in [5.41, 5.74) is 1.82. The highest BCUT2D eigenvalue weighted by molar-refractivity contribution is 14.1. The number of nitrogens with zero attached hydrogens (tertiary/aromatic N) is 1. The molecule has 2 amide bonds. The van der Waals surface area contributed by atoms with Gasteiger partial charge in [0.2, 0.25) is 11.8 Å². The summed E-state index contributed by atoms with van der Waals surface area (Å²) in [5, 5.41) is 7.85. The van der Waals surface area contributed by atoms with Gasteiger partial charge in [0.25, 0.3) is 0 Å². The first-order valence-electron chi connectivity index (χ1n) is 8.11. The molecule has 2 aromatic heterocycles. The van der Waals surface area contributed by atoms with Gasteiger partial charge in [0.1, 0.15) is 5.76 Å². The number of hydrogen-bond acceptors (Lipinski definition) is 5. The van der Waals surface area contributed by atoms with Crippen molar-refractivity contribution in [2.75, 3.05) is 11.9 Å². The number of anilines is 1. The number of carbonyl (C=O) groups excluding carboxylic acids is 2. The van der Waals surface area contributed by atoms with Crippen molar-refractivity contribution in [3.63, 3.8) is 0 Å². The van der Waals surface area contributed by atoms with Crippen LogP contribution in [0.3, 0.4) is 0 Å². The summed E-state index contributed by atoms with van der Waals surface area (Å²) in [6.45, 7) is 0.239. The van der Waals surface area contributed by atoms with E-state index in [-0.39, 0.29) is 24.8 Å². The van der Waals surface area contributed by atoms with Crippen LogP contribution in [-0.2, 0) is 9.59 Å². The van der Waals surface area contributed by atoms with Crippen LogP contribution < -0.4 is 10.6 Å². The molecule has 0 saturated heterocycles. The third-order valence-corrected chi connectivity index (χ3v) is 4.96. The van der Waals surface area contributed by atoms with Crippen LogP contribution >= 0.6 is 33.9 Å². The van der Waals surface area contributed by atoms with Crippen molar-refractivity contribution in [3.05, 3.63) is 63.4 Å². The lowest BCUT2D eigenvalue weighted by molar-refractivity contribution is -0.117. The third kappa shape index (κ3) is 6.04. The summed E-state index contributed by atoms with van der Waals surface area (Å²) in [4.78, 5) is 28.1. The lowest BCUT2D eigenvalue weighted by Crippen LogP contribution is -2.26. The first kappa shape index (κ1) is 19.3. The fourth-order valence-corrected chi connectivity index (χ4v) is 3.26. The normalized spacial score (nSPS) is 10.9.